The third-order valence-electron chi connectivity index (χ3n) is 2.33. The van der Waals surface area contributed by atoms with Crippen LogP contribution >= 0.6 is 0 Å². The van der Waals surface area contributed by atoms with Crippen molar-refractivity contribution in [1.82, 2.24) is 14.8 Å². The third-order valence-corrected chi connectivity index (χ3v) is 2.33. The van der Waals surface area contributed by atoms with Crippen LogP contribution in [0.15, 0.2) is 30.6 Å². The largest absolute Gasteiger partial charge is 0.314 e. The first-order chi connectivity index (χ1) is 7.85. The SMILES string of the molecule is CCCn1cnnc1-c1cccc(C#N)c1. The molecule has 0 saturated heterocycles. The number of aryl methyl sites for hydroxylation is 1. The highest BCUT2D eigenvalue weighted by atomic mass is 15.3. The summed E-state index contributed by atoms with van der Waals surface area (Å²) in [7, 11) is 0. The summed E-state index contributed by atoms with van der Waals surface area (Å²) in [6, 6.07) is 9.54. The highest BCUT2D eigenvalue weighted by Crippen LogP contribution is 2.17. The molecule has 1 aromatic heterocycles. The Morgan fingerprint density at radius 1 is 1.44 bits per heavy atom. The summed E-state index contributed by atoms with van der Waals surface area (Å²) in [6.07, 6.45) is 2.75. The van der Waals surface area contributed by atoms with Gasteiger partial charge in [-0.15, -0.1) is 10.2 Å². The molecule has 0 bridgehead atoms. The molecule has 2 rings (SSSR count). The average molecular weight is 212 g/mol. The molecule has 0 atom stereocenters. The molecule has 0 N–H and O–H groups in total. The van der Waals surface area contributed by atoms with Gasteiger partial charge in [-0.25, -0.2) is 0 Å². The van der Waals surface area contributed by atoms with E-state index in [-0.39, 0.29) is 0 Å². The number of nitrogens with zero attached hydrogens (tertiary/aromatic N) is 4. The van der Waals surface area contributed by atoms with Gasteiger partial charge in [0.05, 0.1) is 11.6 Å². The molecule has 0 saturated carbocycles. The summed E-state index contributed by atoms with van der Waals surface area (Å²) in [4.78, 5) is 0. The average Bonchev–Trinajstić information content (AvgIpc) is 2.78. The fourth-order valence-corrected chi connectivity index (χ4v) is 1.61. The van der Waals surface area contributed by atoms with Crippen LogP contribution in [0.2, 0.25) is 0 Å². The Bertz CT molecular complexity index is 522. The van der Waals surface area contributed by atoms with E-state index in [2.05, 4.69) is 23.2 Å². The molecular weight excluding hydrogens is 200 g/mol. The van der Waals surface area contributed by atoms with Gasteiger partial charge in [0.1, 0.15) is 6.33 Å². The topological polar surface area (TPSA) is 54.5 Å². The Balaban J connectivity index is 2.42. The molecule has 0 fully saturated rings. The summed E-state index contributed by atoms with van der Waals surface area (Å²) in [5, 5.41) is 16.8. The van der Waals surface area contributed by atoms with Gasteiger partial charge in [-0.1, -0.05) is 19.1 Å². The zero-order valence-electron chi connectivity index (χ0n) is 9.09. The zero-order chi connectivity index (χ0) is 11.4. The van der Waals surface area contributed by atoms with E-state index in [9.17, 15) is 0 Å². The van der Waals surface area contributed by atoms with Crippen LogP contribution in [0.25, 0.3) is 11.4 Å². The van der Waals surface area contributed by atoms with E-state index in [1.165, 1.54) is 0 Å². The van der Waals surface area contributed by atoms with Crippen LogP contribution in [0.5, 0.6) is 0 Å². The molecule has 4 heteroatoms. The smallest absolute Gasteiger partial charge is 0.163 e. The summed E-state index contributed by atoms with van der Waals surface area (Å²) >= 11 is 0. The van der Waals surface area contributed by atoms with Crippen molar-refractivity contribution in [3.63, 3.8) is 0 Å². The first-order valence-corrected chi connectivity index (χ1v) is 5.23. The molecule has 0 spiro atoms. The molecule has 2 aromatic rings. The normalized spacial score (nSPS) is 10.0. The Labute approximate surface area is 94.2 Å². The van der Waals surface area contributed by atoms with E-state index in [0.29, 0.717) is 5.56 Å². The van der Waals surface area contributed by atoms with Gasteiger partial charge >= 0.3 is 0 Å². The van der Waals surface area contributed by atoms with Crippen LogP contribution in [0.1, 0.15) is 18.9 Å². The highest BCUT2D eigenvalue weighted by Gasteiger charge is 2.06. The Kier molecular flexibility index (Phi) is 2.97. The second kappa shape index (κ2) is 4.58. The van der Waals surface area contributed by atoms with Gasteiger partial charge in [-0.3, -0.25) is 0 Å². The standard InChI is InChI=1S/C12H12N4/c1-2-6-16-9-14-15-12(16)11-5-3-4-10(7-11)8-13/h3-5,7,9H,2,6H2,1H3. The van der Waals surface area contributed by atoms with Gasteiger partial charge < -0.3 is 4.57 Å². The molecule has 0 aliphatic carbocycles. The zero-order valence-corrected chi connectivity index (χ0v) is 9.09. The first kappa shape index (κ1) is 10.4. The molecule has 0 unspecified atom stereocenters. The van der Waals surface area contributed by atoms with Gasteiger partial charge in [-0.05, 0) is 18.6 Å². The van der Waals surface area contributed by atoms with Crippen molar-refractivity contribution in [3.8, 4) is 17.5 Å². The number of aromatic nitrogens is 3. The maximum Gasteiger partial charge on any atom is 0.163 e. The minimum absolute atomic E-state index is 0.642. The maximum absolute atomic E-state index is 8.84. The number of hydrogen-bond acceptors (Lipinski definition) is 3. The predicted molar refractivity (Wildman–Crippen MR) is 60.5 cm³/mol. The Morgan fingerprint density at radius 3 is 3.06 bits per heavy atom. The van der Waals surface area contributed by atoms with Crippen molar-refractivity contribution >= 4 is 0 Å². The molecular formula is C12H12N4. The molecule has 16 heavy (non-hydrogen) atoms. The Morgan fingerprint density at radius 2 is 2.31 bits per heavy atom. The maximum atomic E-state index is 8.84. The van der Waals surface area contributed by atoms with Crippen molar-refractivity contribution < 1.29 is 0 Å². The molecule has 0 amide bonds. The molecule has 1 aromatic carbocycles. The highest BCUT2D eigenvalue weighted by molar-refractivity contribution is 5.57. The lowest BCUT2D eigenvalue weighted by Gasteiger charge is -2.04. The van der Waals surface area contributed by atoms with Crippen molar-refractivity contribution in [3.05, 3.63) is 36.2 Å². The minimum Gasteiger partial charge on any atom is -0.314 e. The van der Waals surface area contributed by atoms with Gasteiger partial charge in [0.25, 0.3) is 0 Å². The van der Waals surface area contributed by atoms with Gasteiger partial charge in [0.2, 0.25) is 0 Å². The first-order valence-electron chi connectivity index (χ1n) is 5.23. The number of hydrogen-bond donors (Lipinski definition) is 0. The fraction of sp³-hybridized carbons (Fsp3) is 0.250. The predicted octanol–water partition coefficient (Wildman–Crippen LogP) is 2.23. The molecule has 0 aliphatic rings. The van der Waals surface area contributed by atoms with E-state index in [1.54, 1.807) is 12.4 Å². The van der Waals surface area contributed by atoms with Gasteiger partial charge in [0.15, 0.2) is 5.82 Å². The molecule has 0 radical (unpaired) electrons. The number of benzene rings is 1. The van der Waals surface area contributed by atoms with Crippen molar-refractivity contribution in [2.75, 3.05) is 0 Å². The van der Waals surface area contributed by atoms with Crippen LogP contribution in [0.4, 0.5) is 0 Å². The van der Waals surface area contributed by atoms with E-state index >= 15 is 0 Å². The lowest BCUT2D eigenvalue weighted by molar-refractivity contribution is 0.683. The summed E-state index contributed by atoms with van der Waals surface area (Å²) in [6.45, 7) is 2.99. The van der Waals surface area contributed by atoms with Gasteiger partial charge in [0, 0.05) is 12.1 Å². The molecule has 4 nitrogen and oxygen atoms in total. The van der Waals surface area contributed by atoms with Crippen LogP contribution in [0.3, 0.4) is 0 Å². The van der Waals surface area contributed by atoms with Crippen LogP contribution in [0, 0.1) is 11.3 Å². The van der Waals surface area contributed by atoms with E-state index in [4.69, 9.17) is 5.26 Å². The Hall–Kier alpha value is -2.15. The van der Waals surface area contributed by atoms with E-state index in [1.807, 2.05) is 22.8 Å². The summed E-state index contributed by atoms with van der Waals surface area (Å²) in [5.74, 6) is 0.818. The van der Waals surface area contributed by atoms with Crippen molar-refractivity contribution in [2.24, 2.45) is 0 Å². The van der Waals surface area contributed by atoms with Crippen LogP contribution in [-0.4, -0.2) is 14.8 Å². The number of rotatable bonds is 3. The minimum atomic E-state index is 0.642. The van der Waals surface area contributed by atoms with Crippen LogP contribution < -0.4 is 0 Å². The summed E-state index contributed by atoms with van der Waals surface area (Å²) in [5.41, 5.74) is 1.58. The van der Waals surface area contributed by atoms with E-state index < -0.39 is 0 Å². The lowest BCUT2D eigenvalue weighted by atomic mass is 10.1. The van der Waals surface area contributed by atoms with Crippen molar-refractivity contribution in [1.29, 1.82) is 5.26 Å². The fourth-order valence-electron chi connectivity index (χ4n) is 1.61. The number of nitriles is 1. The summed E-state index contributed by atoms with van der Waals surface area (Å²) < 4.78 is 2.00. The quantitative estimate of drug-likeness (QED) is 0.783. The molecule has 80 valence electrons. The second-order valence-electron chi connectivity index (χ2n) is 3.54. The van der Waals surface area contributed by atoms with Crippen LogP contribution in [-0.2, 0) is 6.54 Å². The van der Waals surface area contributed by atoms with Crippen molar-refractivity contribution in [2.45, 2.75) is 19.9 Å². The monoisotopic (exact) mass is 212 g/mol. The third kappa shape index (κ3) is 1.94. The van der Waals surface area contributed by atoms with E-state index in [0.717, 1.165) is 24.4 Å². The second-order valence-corrected chi connectivity index (χ2v) is 3.54. The van der Waals surface area contributed by atoms with Gasteiger partial charge in [-0.2, -0.15) is 5.26 Å². The lowest BCUT2D eigenvalue weighted by Crippen LogP contribution is -1.98. The molecule has 1 heterocycles. The molecule has 0 aliphatic heterocycles.